The van der Waals surface area contributed by atoms with Crippen molar-refractivity contribution in [2.75, 3.05) is 0 Å². The highest BCUT2D eigenvalue weighted by molar-refractivity contribution is 6.49. The Hall–Kier alpha value is -2.14. The van der Waals surface area contributed by atoms with Crippen molar-refractivity contribution in [1.82, 2.24) is 5.32 Å². The van der Waals surface area contributed by atoms with Gasteiger partial charge in [0.1, 0.15) is 24.6 Å². The first-order valence-electron chi connectivity index (χ1n) is 5.85. The van der Waals surface area contributed by atoms with E-state index in [9.17, 15) is 0 Å². The van der Waals surface area contributed by atoms with Crippen LogP contribution in [0.4, 0.5) is 0 Å². The average molecular weight is 239 g/mol. The van der Waals surface area contributed by atoms with Gasteiger partial charge in [-0.25, -0.2) is 20.0 Å². The molecule has 18 heavy (non-hydrogen) atoms. The van der Waals surface area contributed by atoms with Crippen LogP contribution in [-0.2, 0) is 0 Å². The van der Waals surface area contributed by atoms with Crippen molar-refractivity contribution in [3.8, 4) is 0 Å². The topological polar surface area (TPSA) is 61.5 Å². The Morgan fingerprint density at radius 3 is 2.78 bits per heavy atom. The highest BCUT2D eigenvalue weighted by atomic mass is 15.2. The lowest BCUT2D eigenvalue weighted by Crippen LogP contribution is -2.41. The number of rotatable bonds is 3. The third kappa shape index (κ3) is 2.00. The third-order valence-corrected chi connectivity index (χ3v) is 2.97. The number of fused-ring (bicyclic) bond motifs is 1. The second-order valence-corrected chi connectivity index (χ2v) is 4.18. The maximum absolute atomic E-state index is 4.30. The van der Waals surface area contributed by atoms with Crippen LogP contribution in [0, 0.1) is 0 Å². The van der Waals surface area contributed by atoms with E-state index in [2.05, 4.69) is 44.3 Å². The lowest BCUT2D eigenvalue weighted by molar-refractivity contribution is 0.544. The van der Waals surface area contributed by atoms with E-state index < -0.39 is 0 Å². The van der Waals surface area contributed by atoms with E-state index in [4.69, 9.17) is 0 Å². The Labute approximate surface area is 105 Å². The van der Waals surface area contributed by atoms with Gasteiger partial charge in [-0.2, -0.15) is 0 Å². The van der Waals surface area contributed by atoms with Crippen molar-refractivity contribution in [3.05, 3.63) is 35.9 Å². The molecule has 2 atom stereocenters. The highest BCUT2D eigenvalue weighted by Crippen LogP contribution is 2.14. The first-order chi connectivity index (χ1) is 8.84. The van der Waals surface area contributed by atoms with E-state index in [0.29, 0.717) is 5.84 Å². The molecular formula is C13H13N5. The van der Waals surface area contributed by atoms with Gasteiger partial charge >= 0.3 is 0 Å². The molecule has 2 aliphatic rings. The molecular weight excluding hydrogens is 226 g/mol. The van der Waals surface area contributed by atoms with Crippen LogP contribution in [0.15, 0.2) is 50.3 Å². The maximum Gasteiger partial charge on any atom is 0.180 e. The van der Waals surface area contributed by atoms with Crippen molar-refractivity contribution < 1.29 is 0 Å². The average Bonchev–Trinajstić information content (AvgIpc) is 2.89. The fourth-order valence-corrected chi connectivity index (χ4v) is 1.98. The maximum atomic E-state index is 4.30. The van der Waals surface area contributed by atoms with E-state index in [1.807, 2.05) is 18.2 Å². The summed E-state index contributed by atoms with van der Waals surface area (Å²) in [6.45, 7) is 2.10. The number of hydrogen-bond acceptors (Lipinski definition) is 5. The molecule has 90 valence electrons. The number of amidine groups is 1. The van der Waals surface area contributed by atoms with Crippen molar-refractivity contribution >= 4 is 24.2 Å². The van der Waals surface area contributed by atoms with Gasteiger partial charge in [-0.05, 0) is 12.5 Å². The van der Waals surface area contributed by atoms with Crippen molar-refractivity contribution in [3.63, 3.8) is 0 Å². The summed E-state index contributed by atoms with van der Waals surface area (Å²) in [5.74, 6) is 0.655. The van der Waals surface area contributed by atoms with Crippen molar-refractivity contribution in [2.45, 2.75) is 19.1 Å². The molecule has 5 heteroatoms. The summed E-state index contributed by atoms with van der Waals surface area (Å²) >= 11 is 0. The van der Waals surface area contributed by atoms with E-state index in [0.717, 1.165) is 5.71 Å². The molecule has 0 aromatic heterocycles. The van der Waals surface area contributed by atoms with Gasteiger partial charge in [0.25, 0.3) is 0 Å². The van der Waals surface area contributed by atoms with Gasteiger partial charge in [-0.1, -0.05) is 30.3 Å². The molecule has 0 saturated carbocycles. The Morgan fingerprint density at radius 2 is 1.94 bits per heavy atom. The number of benzene rings is 1. The Kier molecular flexibility index (Phi) is 2.82. The summed E-state index contributed by atoms with van der Waals surface area (Å²) in [6, 6.07) is 10.4. The predicted molar refractivity (Wildman–Crippen MR) is 73.6 cm³/mol. The minimum Gasteiger partial charge on any atom is -0.284 e. The van der Waals surface area contributed by atoms with Gasteiger partial charge in [0, 0.05) is 6.04 Å². The lowest BCUT2D eigenvalue weighted by Gasteiger charge is -2.21. The lowest BCUT2D eigenvalue weighted by atomic mass is 10.1. The standard InChI is InChI=1S/C13H13N5/c1-9(10-5-3-2-4-6-10)18-13-11-12(15-7-14-11)16-8-17-13/h2-9,13,18H,1H3/t9-,13?/m0/s1. The van der Waals surface area contributed by atoms with Crippen LogP contribution < -0.4 is 5.32 Å². The summed E-state index contributed by atoms with van der Waals surface area (Å²) in [7, 11) is 0. The van der Waals surface area contributed by atoms with Crippen LogP contribution in [0.5, 0.6) is 0 Å². The summed E-state index contributed by atoms with van der Waals surface area (Å²) in [5, 5.41) is 3.42. The zero-order valence-electron chi connectivity index (χ0n) is 9.99. The Bertz CT molecular complexity index is 556. The number of nitrogens with one attached hydrogen (secondary N) is 1. The summed E-state index contributed by atoms with van der Waals surface area (Å²) in [6.07, 6.45) is 2.88. The number of hydrogen-bond donors (Lipinski definition) is 1. The molecule has 0 radical (unpaired) electrons. The molecule has 0 aliphatic carbocycles. The van der Waals surface area contributed by atoms with Gasteiger partial charge in [0.2, 0.25) is 0 Å². The van der Waals surface area contributed by atoms with Crippen LogP contribution in [-0.4, -0.2) is 30.4 Å². The monoisotopic (exact) mass is 239 g/mol. The molecule has 0 saturated heterocycles. The van der Waals surface area contributed by atoms with Gasteiger partial charge in [0.15, 0.2) is 5.84 Å². The van der Waals surface area contributed by atoms with Crippen LogP contribution in [0.2, 0.25) is 0 Å². The van der Waals surface area contributed by atoms with Gasteiger partial charge in [0.05, 0.1) is 0 Å². The second-order valence-electron chi connectivity index (χ2n) is 4.18. The second kappa shape index (κ2) is 4.62. The van der Waals surface area contributed by atoms with Crippen molar-refractivity contribution in [1.29, 1.82) is 0 Å². The zero-order chi connectivity index (χ0) is 12.4. The largest absolute Gasteiger partial charge is 0.284 e. The molecule has 0 spiro atoms. The fourth-order valence-electron chi connectivity index (χ4n) is 1.98. The van der Waals surface area contributed by atoms with Crippen LogP contribution in [0.1, 0.15) is 18.5 Å². The van der Waals surface area contributed by atoms with E-state index in [-0.39, 0.29) is 12.2 Å². The quantitative estimate of drug-likeness (QED) is 0.855. The third-order valence-electron chi connectivity index (χ3n) is 2.97. The summed E-state index contributed by atoms with van der Waals surface area (Å²) in [5.41, 5.74) is 2.01. The molecule has 2 aliphatic heterocycles. The van der Waals surface area contributed by atoms with Crippen LogP contribution in [0.25, 0.3) is 0 Å². The highest BCUT2D eigenvalue weighted by Gasteiger charge is 2.26. The van der Waals surface area contributed by atoms with Crippen LogP contribution in [0.3, 0.4) is 0 Å². The molecule has 5 nitrogen and oxygen atoms in total. The van der Waals surface area contributed by atoms with Gasteiger partial charge in [-0.3, -0.25) is 5.32 Å². The SMILES string of the molecule is C[C@H](NC1N=CN=C2N=CN=C21)c1ccccc1. The minimum atomic E-state index is -0.171. The molecule has 0 fully saturated rings. The predicted octanol–water partition coefficient (Wildman–Crippen LogP) is 1.59. The first kappa shape index (κ1) is 11.0. The smallest absolute Gasteiger partial charge is 0.180 e. The zero-order valence-corrected chi connectivity index (χ0v) is 9.99. The molecule has 1 unspecified atom stereocenters. The number of nitrogens with zero attached hydrogens (tertiary/aromatic N) is 4. The van der Waals surface area contributed by atoms with E-state index in [1.54, 1.807) is 0 Å². The molecule has 3 rings (SSSR count). The Morgan fingerprint density at radius 1 is 1.11 bits per heavy atom. The minimum absolute atomic E-state index is 0.171. The fraction of sp³-hybridized carbons (Fsp3) is 0.231. The van der Waals surface area contributed by atoms with E-state index in [1.165, 1.54) is 18.2 Å². The molecule has 2 heterocycles. The Balaban J connectivity index is 1.75. The van der Waals surface area contributed by atoms with Gasteiger partial charge < -0.3 is 0 Å². The molecule has 0 bridgehead atoms. The first-order valence-corrected chi connectivity index (χ1v) is 5.85. The van der Waals surface area contributed by atoms with E-state index >= 15 is 0 Å². The summed E-state index contributed by atoms with van der Waals surface area (Å²) < 4.78 is 0. The molecule has 1 N–H and O–H groups in total. The molecule has 0 amide bonds. The normalized spacial score (nSPS) is 22.4. The molecule has 1 aromatic rings. The molecule has 1 aromatic carbocycles. The van der Waals surface area contributed by atoms with Crippen LogP contribution >= 0.6 is 0 Å². The van der Waals surface area contributed by atoms with Crippen molar-refractivity contribution in [2.24, 2.45) is 20.0 Å². The van der Waals surface area contributed by atoms with Gasteiger partial charge in [-0.15, -0.1) is 0 Å². The number of aliphatic imine (C=N–C) groups is 4. The summed E-state index contributed by atoms with van der Waals surface area (Å²) in [4.78, 5) is 16.7.